The summed E-state index contributed by atoms with van der Waals surface area (Å²) in [5, 5.41) is 50.0. The molecule has 12 aromatic carbocycles. The van der Waals surface area contributed by atoms with E-state index < -0.39 is 45.5 Å². The fourth-order valence-electron chi connectivity index (χ4n) is 23.2. The van der Waals surface area contributed by atoms with Gasteiger partial charge in [-0.25, -0.2) is 14.4 Å². The van der Waals surface area contributed by atoms with Gasteiger partial charge in [0.15, 0.2) is 0 Å². The minimum absolute atomic E-state index is 0.0115. The van der Waals surface area contributed by atoms with Crippen molar-refractivity contribution < 1.29 is 63.9 Å². The lowest BCUT2D eigenvalue weighted by Gasteiger charge is -2.23. The molecule has 24 rings (SSSR count). The molecule has 4 spiro atoms. The number of rotatable bonds is 21. The first kappa shape index (κ1) is 99.1. The average Bonchev–Trinajstić information content (AvgIpc) is 1.51. The number of pyridine rings is 4. The molecule has 4 fully saturated rings. The normalized spacial score (nSPS) is 19.8. The number of benzene rings is 12. The zero-order valence-electron chi connectivity index (χ0n) is 82.2. The number of aliphatic carboxylic acids is 1. The molecule has 149 heavy (non-hydrogen) atoms. The van der Waals surface area contributed by atoms with E-state index in [1.807, 2.05) is 200 Å². The van der Waals surface area contributed by atoms with Crippen molar-refractivity contribution in [3.05, 3.63) is 426 Å². The molecule has 4 aliphatic heterocycles. The van der Waals surface area contributed by atoms with E-state index in [4.69, 9.17) is 51.5 Å². The Hall–Kier alpha value is -15.9. The topological polar surface area (TPSA) is 302 Å². The van der Waals surface area contributed by atoms with Crippen LogP contribution >= 0.6 is 46.4 Å². The Balaban J connectivity index is 0.000000116. The molecule has 8 unspecified atom stereocenters. The van der Waals surface area contributed by atoms with Crippen LogP contribution in [0.25, 0.3) is 89.0 Å². The van der Waals surface area contributed by atoms with E-state index in [2.05, 4.69) is 98.8 Å². The number of carboxylic acids is 4. The smallest absolute Gasteiger partial charge is 0.335 e. The number of aromatic carboxylic acids is 3. The Bertz CT molecular complexity index is 8150. The number of carbonyl (C=O) groups excluding carboxylic acids is 4. The summed E-state index contributed by atoms with van der Waals surface area (Å²) in [5.74, 6) is -3.87. The summed E-state index contributed by atoms with van der Waals surface area (Å²) >= 11 is 27.2. The number of β-amino-alcohol motifs (C(OH)–C–C–N with tert-alkyl or cyclic N) is 1. The summed E-state index contributed by atoms with van der Waals surface area (Å²) in [5.41, 5.74) is 27.6. The monoisotopic (exact) mass is 2050 g/mol. The average molecular weight is 2050 g/mol. The quantitative estimate of drug-likeness (QED) is 0.0446. The van der Waals surface area contributed by atoms with Crippen LogP contribution in [0.5, 0.6) is 0 Å². The minimum atomic E-state index is -0.983. The second-order valence-electron chi connectivity index (χ2n) is 39.9. The number of hydrogen-bond donors (Lipinski definition) is 5. The Morgan fingerprint density at radius 1 is 0.336 bits per heavy atom. The van der Waals surface area contributed by atoms with E-state index in [9.17, 15) is 58.8 Å². The Morgan fingerprint density at radius 2 is 0.604 bits per heavy atom. The van der Waals surface area contributed by atoms with Crippen LogP contribution in [0.1, 0.15) is 168 Å². The van der Waals surface area contributed by atoms with Crippen molar-refractivity contribution >= 4 is 117 Å². The summed E-state index contributed by atoms with van der Waals surface area (Å²) < 4.78 is 0. The van der Waals surface area contributed by atoms with Gasteiger partial charge >= 0.3 is 23.9 Å². The molecule has 0 saturated heterocycles. The number of likely N-dealkylation sites (N-methyl/N-ethyl adjacent to an activating group) is 2. The van der Waals surface area contributed by atoms with Gasteiger partial charge < -0.3 is 45.1 Å². The SMILES string of the molecule is CCN1C(=O)C2(CC2c2ccc(C)c(C(=O)O)c2)c2cc(-c3ccc(-c4ccncc4)cc3)c(Cl)cc21.CN1C(=O)C2(CC2c2ccc(CC(=O)O)cc2)c2cc(-c3ccc(-c4ccncc4)cc3)c(Cl)cc21.Cc1ccc(C2CC23C(=O)N(C(C)C)c2cc(Cl)c(-c4ccc(-c5ccncc5)cc4)cc23)cc1C(=O)O.Cc1ccc(C2CC23C(=O)N(CCO)c2cc(Cl)c(-c4ccc(-c5ccncc5)cc4)cc23)cc1C(=O)O. The zero-order valence-corrected chi connectivity index (χ0v) is 85.3. The predicted molar refractivity (Wildman–Crippen MR) is 582 cm³/mol. The highest BCUT2D eigenvalue weighted by Gasteiger charge is 2.71. The van der Waals surface area contributed by atoms with Crippen molar-refractivity contribution in [2.45, 2.75) is 125 Å². The summed E-state index contributed by atoms with van der Waals surface area (Å²) in [6.07, 6.45) is 16.8. The lowest BCUT2D eigenvalue weighted by atomic mass is 9.89. The summed E-state index contributed by atoms with van der Waals surface area (Å²) in [7, 11) is 1.81. The predicted octanol–water partition coefficient (Wildman–Crippen LogP) is 26.1. The van der Waals surface area contributed by atoms with Crippen molar-refractivity contribution in [1.29, 1.82) is 0 Å². The fraction of sp³-hybridized carbons (Fsp3) is 0.194. The molecule has 4 amide bonds. The summed E-state index contributed by atoms with van der Waals surface area (Å²) in [6, 6.07) is 88.4. The molecule has 8 atom stereocenters. The molecule has 4 aromatic heterocycles. The second-order valence-corrected chi connectivity index (χ2v) is 41.5. The number of carboxylic acid groups (broad SMARTS) is 4. The molecule has 4 saturated carbocycles. The van der Waals surface area contributed by atoms with Gasteiger partial charge in [0.2, 0.25) is 23.6 Å². The van der Waals surface area contributed by atoms with Crippen LogP contribution in [0.4, 0.5) is 22.7 Å². The van der Waals surface area contributed by atoms with Crippen molar-refractivity contribution in [1.82, 2.24) is 19.9 Å². The van der Waals surface area contributed by atoms with E-state index in [1.165, 1.54) is 0 Å². The highest BCUT2D eigenvalue weighted by molar-refractivity contribution is 6.36. The molecule has 8 heterocycles. The minimum Gasteiger partial charge on any atom is -0.481 e. The van der Waals surface area contributed by atoms with Crippen LogP contribution in [-0.4, -0.2) is 126 Å². The Labute approximate surface area is 880 Å². The third kappa shape index (κ3) is 17.4. The molecule has 4 aliphatic carbocycles. The van der Waals surface area contributed by atoms with Crippen molar-refractivity contribution in [2.75, 3.05) is 46.3 Å². The first-order valence-electron chi connectivity index (χ1n) is 49.4. The van der Waals surface area contributed by atoms with Crippen LogP contribution in [0.3, 0.4) is 0 Å². The van der Waals surface area contributed by atoms with Gasteiger partial charge in [0.05, 0.1) is 71.5 Å². The number of halogens is 4. The summed E-state index contributed by atoms with van der Waals surface area (Å²) in [4.78, 5) is 125. The van der Waals surface area contributed by atoms with E-state index in [0.29, 0.717) is 68.3 Å². The highest BCUT2D eigenvalue weighted by Crippen LogP contribution is 2.72. The molecule has 21 nitrogen and oxygen atoms in total. The molecule has 0 bridgehead atoms. The fourth-order valence-corrected chi connectivity index (χ4v) is 24.2. The third-order valence-electron chi connectivity index (χ3n) is 31.3. The van der Waals surface area contributed by atoms with E-state index in [1.54, 1.807) is 111 Å². The number of fused-ring (bicyclic) bond motifs is 8. The van der Waals surface area contributed by atoms with Gasteiger partial charge in [-0.05, 0) is 316 Å². The van der Waals surface area contributed by atoms with Gasteiger partial charge in [-0.3, -0.25) is 43.9 Å². The van der Waals surface area contributed by atoms with Gasteiger partial charge in [0, 0.05) is 144 Å². The van der Waals surface area contributed by atoms with Crippen LogP contribution in [-0.2, 0) is 52.1 Å². The number of aliphatic hydroxyl groups excluding tert-OH is 1. The van der Waals surface area contributed by atoms with E-state index >= 15 is 0 Å². The van der Waals surface area contributed by atoms with Crippen molar-refractivity contribution in [3.8, 4) is 89.0 Å². The number of carbonyl (C=O) groups is 8. The Morgan fingerprint density at radius 3 is 0.919 bits per heavy atom. The van der Waals surface area contributed by atoms with Crippen LogP contribution < -0.4 is 19.6 Å². The van der Waals surface area contributed by atoms with Crippen molar-refractivity contribution in [3.63, 3.8) is 0 Å². The molecule has 8 aliphatic rings. The van der Waals surface area contributed by atoms with Gasteiger partial charge in [0.25, 0.3) is 0 Å². The first-order chi connectivity index (χ1) is 71.8. The molecule has 5 N–H and O–H groups in total. The number of aliphatic hydroxyl groups is 1. The van der Waals surface area contributed by atoms with Crippen LogP contribution in [0, 0.1) is 20.8 Å². The molecule has 16 aromatic rings. The Kier molecular flexibility index (Phi) is 26.0. The largest absolute Gasteiger partial charge is 0.481 e. The van der Waals surface area contributed by atoms with E-state index in [0.717, 1.165) is 163 Å². The number of amides is 4. The molecular weight excluding hydrogens is 1950 g/mol. The van der Waals surface area contributed by atoms with Crippen molar-refractivity contribution in [2.24, 2.45) is 0 Å². The van der Waals surface area contributed by atoms with Gasteiger partial charge in [0.1, 0.15) is 0 Å². The second kappa shape index (κ2) is 39.1. The first-order valence-corrected chi connectivity index (χ1v) is 50.9. The van der Waals surface area contributed by atoms with Gasteiger partial charge in [-0.1, -0.05) is 204 Å². The molecular formula is C124H100Cl4N8O13. The van der Waals surface area contributed by atoms with Crippen LogP contribution in [0.2, 0.25) is 20.1 Å². The highest BCUT2D eigenvalue weighted by atomic mass is 35.5. The third-order valence-corrected chi connectivity index (χ3v) is 32.5. The van der Waals surface area contributed by atoms with Gasteiger partial charge in [-0.15, -0.1) is 0 Å². The number of anilines is 4. The molecule has 742 valence electrons. The maximum Gasteiger partial charge on any atom is 0.335 e. The maximum atomic E-state index is 14.0. The zero-order chi connectivity index (χ0) is 104. The van der Waals surface area contributed by atoms with Crippen LogP contribution in [0.15, 0.2) is 323 Å². The van der Waals surface area contributed by atoms with Gasteiger partial charge in [-0.2, -0.15) is 0 Å². The van der Waals surface area contributed by atoms with E-state index in [-0.39, 0.29) is 89.6 Å². The lowest BCUT2D eigenvalue weighted by Crippen LogP contribution is -2.38. The lowest BCUT2D eigenvalue weighted by molar-refractivity contribution is -0.136. The maximum absolute atomic E-state index is 14.0. The standard InChI is InChI=1S/C32H27ClN2O3.C31H25ClN2O4.C31H25ClN2O3.C30H23ClN2O3/c1-18(2)35-29-16-28(33)25(22-8-6-20(7-9-22)21-10-12-34-13-11-21)15-26(29)32(31(35)38)17-27(32)23-5-4-19(3)24(14-23)30(36)37;1-18-2-3-22(14-23(18)29(36)37)26-17-31(26)25-15-24(27(32)16-28(25)34(12-13-35)30(31)38)21-6-4-19(5-7-21)20-8-10-33-11-9-20;1-3-34-28-16-27(32)24(21-8-6-19(7-9-21)20-10-12-33-13-11-20)15-25(28)31(30(34)37)17-26(31)22-5-4-18(2)23(14-22)29(35)36;1-33-27-16-26(31)23(21-8-6-19(7-9-21)20-10-12-32-13-11-20)15-24(27)30(29(33)36)17-25(30)22-4-2-18(3-5-22)14-28(34)35/h4-16,18,27H,17H2,1-3H3,(H,36,37);2-11,14-16,26,35H,12-13,17H2,1H3,(H,36,37);4-16,26H,3,17H2,1-2H3,(H,35,36);2-13,15-16,25H,14,17H2,1H3,(H,34,35). The molecule has 0 radical (unpaired) electrons. The molecule has 25 heteroatoms. The number of aryl methyl sites for hydroxylation is 3. The number of aromatic nitrogens is 4. The number of nitrogens with zero attached hydrogens (tertiary/aromatic N) is 8. The number of hydrogen-bond acceptors (Lipinski definition) is 13. The summed E-state index contributed by atoms with van der Waals surface area (Å²) in [6.45, 7) is 11.9.